The Morgan fingerprint density at radius 2 is 2.22 bits per heavy atom. The van der Waals surface area contributed by atoms with Crippen LogP contribution in [-0.2, 0) is 14.3 Å². The van der Waals surface area contributed by atoms with Gasteiger partial charge in [0.15, 0.2) is 11.8 Å². The summed E-state index contributed by atoms with van der Waals surface area (Å²) >= 11 is 5.56. The molecule has 0 radical (unpaired) electrons. The quantitative estimate of drug-likeness (QED) is 0.467. The van der Waals surface area contributed by atoms with E-state index >= 15 is 0 Å². The van der Waals surface area contributed by atoms with E-state index in [9.17, 15) is 14.0 Å². The van der Waals surface area contributed by atoms with Crippen LogP contribution >= 0.6 is 11.6 Å². The average Bonchev–Trinajstić information content (AvgIpc) is 2.38. The molecule has 0 bridgehead atoms. The van der Waals surface area contributed by atoms with E-state index in [1.807, 2.05) is 0 Å². The van der Waals surface area contributed by atoms with Crippen molar-refractivity contribution in [1.29, 1.82) is 0 Å². The summed E-state index contributed by atoms with van der Waals surface area (Å²) in [4.78, 5) is 27.1. The van der Waals surface area contributed by atoms with Crippen LogP contribution in [0.25, 0.3) is 0 Å². The Morgan fingerprint density at radius 3 is 2.72 bits per heavy atom. The number of hydroxylamine groups is 2. The van der Waals surface area contributed by atoms with Gasteiger partial charge < -0.3 is 9.57 Å². The summed E-state index contributed by atoms with van der Waals surface area (Å²) < 4.78 is 17.4. The van der Waals surface area contributed by atoms with E-state index in [2.05, 4.69) is 4.74 Å². The number of benzene rings is 1. The number of hydrogen-bond donors (Lipinski definition) is 0. The van der Waals surface area contributed by atoms with Gasteiger partial charge in [-0.15, -0.1) is 0 Å². The first kappa shape index (κ1) is 14.2. The maximum absolute atomic E-state index is 12.9. The Bertz CT molecular complexity index is 455. The summed E-state index contributed by atoms with van der Waals surface area (Å²) in [7, 11) is 1.19. The SMILES string of the molecule is COC(=O)C(C)N(C=O)Oc1ccc(F)c(Cl)c1. The Kier molecular flexibility index (Phi) is 4.91. The van der Waals surface area contributed by atoms with Gasteiger partial charge in [0.2, 0.25) is 6.41 Å². The van der Waals surface area contributed by atoms with E-state index in [-0.39, 0.29) is 10.8 Å². The molecule has 0 heterocycles. The molecule has 5 nitrogen and oxygen atoms in total. The van der Waals surface area contributed by atoms with Gasteiger partial charge in [-0.2, -0.15) is 5.06 Å². The predicted octanol–water partition coefficient (Wildman–Crippen LogP) is 1.79. The van der Waals surface area contributed by atoms with Crippen molar-refractivity contribution in [1.82, 2.24) is 5.06 Å². The summed E-state index contributed by atoms with van der Waals surface area (Å²) in [5.41, 5.74) is 0. The number of amides is 1. The van der Waals surface area contributed by atoms with Gasteiger partial charge in [-0.3, -0.25) is 4.79 Å². The summed E-state index contributed by atoms with van der Waals surface area (Å²) in [5, 5.41) is 0.596. The summed E-state index contributed by atoms with van der Waals surface area (Å²) in [6, 6.07) is 2.62. The second-order valence-electron chi connectivity index (χ2n) is 3.33. The van der Waals surface area contributed by atoms with E-state index in [0.717, 1.165) is 11.1 Å². The third-order valence-electron chi connectivity index (χ3n) is 2.13. The van der Waals surface area contributed by atoms with Gasteiger partial charge in [0.1, 0.15) is 5.82 Å². The lowest BCUT2D eigenvalue weighted by molar-refractivity contribution is -0.168. The van der Waals surface area contributed by atoms with Gasteiger partial charge in [0.05, 0.1) is 12.1 Å². The second kappa shape index (κ2) is 6.20. The smallest absolute Gasteiger partial charge is 0.331 e. The van der Waals surface area contributed by atoms with Crippen molar-refractivity contribution in [2.24, 2.45) is 0 Å². The molecule has 18 heavy (non-hydrogen) atoms. The van der Waals surface area contributed by atoms with Crippen LogP contribution in [0.1, 0.15) is 6.92 Å². The lowest BCUT2D eigenvalue weighted by atomic mass is 10.3. The van der Waals surface area contributed by atoms with E-state index < -0.39 is 17.8 Å². The molecule has 0 spiro atoms. The fourth-order valence-corrected chi connectivity index (χ4v) is 1.29. The van der Waals surface area contributed by atoms with Crippen molar-refractivity contribution in [2.75, 3.05) is 7.11 Å². The molecule has 1 aromatic rings. The van der Waals surface area contributed by atoms with Gasteiger partial charge in [0, 0.05) is 6.07 Å². The monoisotopic (exact) mass is 275 g/mol. The van der Waals surface area contributed by atoms with Crippen molar-refractivity contribution in [3.05, 3.63) is 29.0 Å². The zero-order valence-electron chi connectivity index (χ0n) is 9.72. The van der Waals surface area contributed by atoms with Crippen molar-refractivity contribution in [2.45, 2.75) is 13.0 Å². The summed E-state index contributed by atoms with van der Waals surface area (Å²) in [6.45, 7) is 1.42. The van der Waals surface area contributed by atoms with Crippen molar-refractivity contribution < 1.29 is 23.6 Å². The first-order valence-electron chi connectivity index (χ1n) is 4.94. The molecule has 1 amide bonds. The van der Waals surface area contributed by atoms with Crippen LogP contribution in [-0.4, -0.2) is 30.6 Å². The van der Waals surface area contributed by atoms with Gasteiger partial charge >= 0.3 is 5.97 Å². The molecule has 0 aromatic heterocycles. The highest BCUT2D eigenvalue weighted by Gasteiger charge is 2.22. The van der Waals surface area contributed by atoms with Crippen LogP contribution in [0.2, 0.25) is 5.02 Å². The highest BCUT2D eigenvalue weighted by Crippen LogP contribution is 2.22. The number of methoxy groups -OCH3 is 1. The van der Waals surface area contributed by atoms with Crippen molar-refractivity contribution in [3.63, 3.8) is 0 Å². The fourth-order valence-electron chi connectivity index (χ4n) is 1.12. The largest absolute Gasteiger partial charge is 0.467 e. The van der Waals surface area contributed by atoms with Crippen molar-refractivity contribution in [3.8, 4) is 5.75 Å². The predicted molar refractivity (Wildman–Crippen MR) is 61.4 cm³/mol. The minimum absolute atomic E-state index is 0.129. The second-order valence-corrected chi connectivity index (χ2v) is 3.74. The summed E-state index contributed by atoms with van der Waals surface area (Å²) in [5.74, 6) is -1.12. The molecule has 0 fully saturated rings. The Morgan fingerprint density at radius 1 is 1.56 bits per heavy atom. The molecule has 0 aliphatic heterocycles. The van der Waals surface area contributed by atoms with Crippen LogP contribution in [0.3, 0.4) is 0 Å². The number of nitrogens with zero attached hydrogens (tertiary/aromatic N) is 1. The molecule has 0 N–H and O–H groups in total. The molecule has 1 unspecified atom stereocenters. The first-order valence-corrected chi connectivity index (χ1v) is 5.32. The number of carbonyl (C=O) groups excluding carboxylic acids is 2. The molecule has 0 aliphatic rings. The molecule has 1 rings (SSSR count). The van der Waals surface area contributed by atoms with Crippen LogP contribution in [0.5, 0.6) is 5.75 Å². The minimum Gasteiger partial charge on any atom is -0.467 e. The van der Waals surface area contributed by atoms with E-state index in [4.69, 9.17) is 16.4 Å². The van der Waals surface area contributed by atoms with Crippen molar-refractivity contribution >= 4 is 24.0 Å². The number of ether oxygens (including phenoxy) is 1. The number of rotatable bonds is 5. The van der Waals surface area contributed by atoms with Crippen LogP contribution < -0.4 is 4.84 Å². The maximum atomic E-state index is 12.9. The third-order valence-corrected chi connectivity index (χ3v) is 2.42. The Labute approximate surface area is 108 Å². The number of carbonyl (C=O) groups is 2. The van der Waals surface area contributed by atoms with Crippen LogP contribution in [0, 0.1) is 5.82 Å². The van der Waals surface area contributed by atoms with Crippen LogP contribution in [0.15, 0.2) is 18.2 Å². The molecule has 0 aliphatic carbocycles. The van der Waals surface area contributed by atoms with Gasteiger partial charge in [-0.1, -0.05) is 11.6 Å². The van der Waals surface area contributed by atoms with E-state index in [1.54, 1.807) is 0 Å². The van der Waals surface area contributed by atoms with Crippen LogP contribution in [0.4, 0.5) is 4.39 Å². The van der Waals surface area contributed by atoms with Gasteiger partial charge in [-0.05, 0) is 19.1 Å². The van der Waals surface area contributed by atoms with E-state index in [1.165, 1.54) is 26.2 Å². The molecule has 1 atom stereocenters. The molecule has 98 valence electrons. The number of halogens is 2. The maximum Gasteiger partial charge on any atom is 0.331 e. The molecule has 1 aromatic carbocycles. The molecule has 0 saturated carbocycles. The highest BCUT2D eigenvalue weighted by atomic mass is 35.5. The number of esters is 1. The zero-order valence-corrected chi connectivity index (χ0v) is 10.5. The minimum atomic E-state index is -0.934. The molecule has 0 saturated heterocycles. The molecular weight excluding hydrogens is 265 g/mol. The van der Waals surface area contributed by atoms with Gasteiger partial charge in [-0.25, -0.2) is 9.18 Å². The standard InChI is InChI=1S/C11H11ClFNO4/c1-7(11(16)17-2)14(6-15)18-8-3-4-10(13)9(12)5-8/h3-7H,1-2H3. The topological polar surface area (TPSA) is 55.8 Å². The van der Waals surface area contributed by atoms with E-state index in [0.29, 0.717) is 6.41 Å². The molecular formula is C11H11ClFNO4. The fraction of sp³-hybridized carbons (Fsp3) is 0.273. The Hall–Kier alpha value is -1.82. The number of hydrogen-bond acceptors (Lipinski definition) is 4. The highest BCUT2D eigenvalue weighted by molar-refractivity contribution is 6.30. The van der Waals surface area contributed by atoms with Gasteiger partial charge in [0.25, 0.3) is 0 Å². The average molecular weight is 276 g/mol. The molecule has 7 heteroatoms. The lowest BCUT2D eigenvalue weighted by Gasteiger charge is -2.22. The Balaban J connectivity index is 2.82. The lowest BCUT2D eigenvalue weighted by Crippen LogP contribution is -2.41. The zero-order chi connectivity index (χ0) is 13.7. The third kappa shape index (κ3) is 3.33. The first-order chi connectivity index (χ1) is 8.49. The normalized spacial score (nSPS) is 11.6. The summed E-state index contributed by atoms with van der Waals surface area (Å²) in [6.07, 6.45) is 0.318.